The van der Waals surface area contributed by atoms with Gasteiger partial charge < -0.3 is 4.90 Å². The molecule has 10 heteroatoms. The van der Waals surface area contributed by atoms with E-state index in [1.54, 1.807) is 5.38 Å². The van der Waals surface area contributed by atoms with Crippen molar-refractivity contribution in [3.63, 3.8) is 0 Å². The van der Waals surface area contributed by atoms with Gasteiger partial charge in [0.25, 0.3) is 0 Å². The Kier molecular flexibility index (Phi) is 5.54. The third-order valence-electron chi connectivity index (χ3n) is 5.06. The molecular weight excluding hydrogens is 440 g/mol. The first kappa shape index (κ1) is 20.8. The molecule has 0 unspecified atom stereocenters. The number of anilines is 1. The Morgan fingerprint density at radius 3 is 2.23 bits per heavy atom. The SMILES string of the molecule is O=S(=O)(c1c(F)cccc1F)C1CCN(c2nc(-c3ccc(F)c(F)c3)cs2)CC1. The molecule has 0 bridgehead atoms. The second kappa shape index (κ2) is 7.99. The van der Waals surface area contributed by atoms with Crippen molar-refractivity contribution >= 4 is 26.3 Å². The lowest BCUT2D eigenvalue weighted by Crippen LogP contribution is -2.39. The van der Waals surface area contributed by atoms with Crippen molar-refractivity contribution in [3.05, 3.63) is 65.0 Å². The van der Waals surface area contributed by atoms with Gasteiger partial charge in [-0.3, -0.25) is 0 Å². The molecule has 2 heterocycles. The highest BCUT2D eigenvalue weighted by molar-refractivity contribution is 7.92. The van der Waals surface area contributed by atoms with Crippen molar-refractivity contribution < 1.29 is 26.0 Å². The fourth-order valence-electron chi connectivity index (χ4n) is 3.48. The van der Waals surface area contributed by atoms with Crippen molar-refractivity contribution in [2.24, 2.45) is 0 Å². The molecule has 1 fully saturated rings. The van der Waals surface area contributed by atoms with Crippen molar-refractivity contribution in [1.82, 2.24) is 4.98 Å². The van der Waals surface area contributed by atoms with Gasteiger partial charge in [-0.15, -0.1) is 11.3 Å². The summed E-state index contributed by atoms with van der Waals surface area (Å²) in [6.45, 7) is 0.676. The number of halogens is 4. The van der Waals surface area contributed by atoms with Crippen LogP contribution in [0.25, 0.3) is 11.3 Å². The average molecular weight is 456 g/mol. The highest BCUT2D eigenvalue weighted by atomic mass is 32.2. The normalized spacial score (nSPS) is 15.5. The van der Waals surface area contributed by atoms with Crippen LogP contribution >= 0.6 is 11.3 Å². The molecule has 0 spiro atoms. The number of benzene rings is 2. The Hall–Kier alpha value is -2.46. The molecule has 158 valence electrons. The zero-order valence-corrected chi connectivity index (χ0v) is 17.1. The zero-order valence-electron chi connectivity index (χ0n) is 15.5. The van der Waals surface area contributed by atoms with E-state index in [-0.39, 0.29) is 12.8 Å². The van der Waals surface area contributed by atoms with Crippen LogP contribution in [0.4, 0.5) is 22.7 Å². The Bertz CT molecular complexity index is 1170. The van der Waals surface area contributed by atoms with Gasteiger partial charge in [0, 0.05) is 24.0 Å². The van der Waals surface area contributed by atoms with E-state index < -0.39 is 43.3 Å². The minimum atomic E-state index is -4.15. The van der Waals surface area contributed by atoms with Gasteiger partial charge in [-0.2, -0.15) is 0 Å². The van der Waals surface area contributed by atoms with Crippen LogP contribution in [0.2, 0.25) is 0 Å². The summed E-state index contributed by atoms with van der Waals surface area (Å²) in [5.41, 5.74) is 0.918. The first-order valence-corrected chi connectivity index (χ1v) is 11.5. The summed E-state index contributed by atoms with van der Waals surface area (Å²) in [5, 5.41) is 1.42. The molecule has 2 aromatic carbocycles. The molecule has 0 amide bonds. The van der Waals surface area contributed by atoms with Crippen LogP contribution in [-0.4, -0.2) is 31.7 Å². The molecule has 0 radical (unpaired) electrons. The van der Waals surface area contributed by atoms with Crippen LogP contribution in [-0.2, 0) is 9.84 Å². The van der Waals surface area contributed by atoms with Gasteiger partial charge in [-0.25, -0.2) is 31.0 Å². The third kappa shape index (κ3) is 3.81. The second-order valence-electron chi connectivity index (χ2n) is 6.93. The first-order valence-electron chi connectivity index (χ1n) is 9.11. The Morgan fingerprint density at radius 1 is 0.933 bits per heavy atom. The monoisotopic (exact) mass is 456 g/mol. The Labute approximate surface area is 174 Å². The van der Waals surface area contributed by atoms with E-state index in [0.29, 0.717) is 29.5 Å². The number of thiazole rings is 1. The molecule has 30 heavy (non-hydrogen) atoms. The summed E-state index contributed by atoms with van der Waals surface area (Å²) >= 11 is 1.30. The van der Waals surface area contributed by atoms with Gasteiger partial charge in [0.1, 0.15) is 16.5 Å². The van der Waals surface area contributed by atoms with Gasteiger partial charge in [0.05, 0.1) is 10.9 Å². The van der Waals surface area contributed by atoms with Crippen LogP contribution in [0.1, 0.15) is 12.8 Å². The van der Waals surface area contributed by atoms with E-state index in [2.05, 4.69) is 4.98 Å². The lowest BCUT2D eigenvalue weighted by molar-refractivity contribution is 0.497. The van der Waals surface area contributed by atoms with Gasteiger partial charge in [-0.05, 0) is 43.2 Å². The van der Waals surface area contributed by atoms with Crippen molar-refractivity contribution in [2.75, 3.05) is 18.0 Å². The van der Waals surface area contributed by atoms with E-state index in [1.807, 2.05) is 4.90 Å². The second-order valence-corrected chi connectivity index (χ2v) is 9.93. The highest BCUT2D eigenvalue weighted by Crippen LogP contribution is 2.33. The van der Waals surface area contributed by atoms with Crippen LogP contribution < -0.4 is 4.90 Å². The van der Waals surface area contributed by atoms with E-state index in [9.17, 15) is 26.0 Å². The topological polar surface area (TPSA) is 50.3 Å². The maximum Gasteiger partial charge on any atom is 0.187 e. The first-order chi connectivity index (χ1) is 14.3. The number of rotatable bonds is 4. The molecule has 3 aromatic rings. The van der Waals surface area contributed by atoms with Crippen molar-refractivity contribution in [2.45, 2.75) is 23.0 Å². The predicted molar refractivity (Wildman–Crippen MR) is 106 cm³/mol. The number of aromatic nitrogens is 1. The summed E-state index contributed by atoms with van der Waals surface area (Å²) in [7, 11) is -4.15. The molecule has 0 N–H and O–H groups in total. The maximum atomic E-state index is 14.0. The van der Waals surface area contributed by atoms with Crippen LogP contribution in [0.15, 0.2) is 46.7 Å². The molecule has 0 saturated carbocycles. The van der Waals surface area contributed by atoms with Gasteiger partial charge in [0.2, 0.25) is 0 Å². The summed E-state index contributed by atoms with van der Waals surface area (Å²) in [6, 6.07) is 6.51. The molecule has 1 aliphatic heterocycles. The quantitative estimate of drug-likeness (QED) is 0.529. The summed E-state index contributed by atoms with van der Waals surface area (Å²) in [5.74, 6) is -4.08. The Balaban J connectivity index is 1.49. The predicted octanol–water partition coefficient (Wildman–Crippen LogP) is 4.81. The highest BCUT2D eigenvalue weighted by Gasteiger charge is 2.35. The standard InChI is InChI=1S/C20H16F4N2O2S2/c21-14-5-4-12(10-17(14)24)18-11-29-20(25-18)26-8-6-13(7-9-26)30(27,28)19-15(22)2-1-3-16(19)23/h1-5,10-11,13H,6-9H2. The van der Waals surface area contributed by atoms with Crippen molar-refractivity contribution in [3.8, 4) is 11.3 Å². The summed E-state index contributed by atoms with van der Waals surface area (Å²) < 4.78 is 80.0. The number of piperidine rings is 1. The number of hydrogen-bond acceptors (Lipinski definition) is 5. The molecule has 0 aliphatic carbocycles. The Morgan fingerprint density at radius 2 is 1.60 bits per heavy atom. The van der Waals surface area contributed by atoms with E-state index in [0.717, 1.165) is 30.3 Å². The lowest BCUT2D eigenvalue weighted by atomic mass is 10.1. The third-order valence-corrected chi connectivity index (χ3v) is 8.27. The molecule has 4 rings (SSSR count). The lowest BCUT2D eigenvalue weighted by Gasteiger charge is -2.31. The minimum Gasteiger partial charge on any atom is -0.348 e. The molecular formula is C20H16F4N2O2S2. The van der Waals surface area contributed by atoms with Crippen molar-refractivity contribution in [1.29, 1.82) is 0 Å². The van der Waals surface area contributed by atoms with Crippen LogP contribution in [0, 0.1) is 23.3 Å². The molecule has 1 saturated heterocycles. The van der Waals surface area contributed by atoms with Crippen LogP contribution in [0.3, 0.4) is 0 Å². The van der Waals surface area contributed by atoms with Crippen LogP contribution in [0.5, 0.6) is 0 Å². The van der Waals surface area contributed by atoms with Gasteiger partial charge in [-0.1, -0.05) is 6.07 Å². The number of hydrogen-bond donors (Lipinski definition) is 0. The molecule has 1 aliphatic rings. The molecule has 4 nitrogen and oxygen atoms in total. The molecule has 1 aromatic heterocycles. The smallest absolute Gasteiger partial charge is 0.187 e. The maximum absolute atomic E-state index is 14.0. The zero-order chi connectivity index (χ0) is 21.5. The minimum absolute atomic E-state index is 0.191. The van der Waals surface area contributed by atoms with Gasteiger partial charge >= 0.3 is 0 Å². The molecule has 0 atom stereocenters. The summed E-state index contributed by atoms with van der Waals surface area (Å²) in [6.07, 6.45) is 0.381. The van der Waals surface area contributed by atoms with E-state index in [1.165, 1.54) is 17.4 Å². The average Bonchev–Trinajstić information content (AvgIpc) is 3.20. The fourth-order valence-corrected chi connectivity index (χ4v) is 6.21. The number of nitrogens with zero attached hydrogens (tertiary/aromatic N) is 2. The van der Waals surface area contributed by atoms with E-state index in [4.69, 9.17) is 0 Å². The summed E-state index contributed by atoms with van der Waals surface area (Å²) in [4.78, 5) is 5.43. The van der Waals surface area contributed by atoms with E-state index >= 15 is 0 Å². The number of sulfone groups is 1. The van der Waals surface area contributed by atoms with Gasteiger partial charge in [0.15, 0.2) is 26.6 Å². The largest absolute Gasteiger partial charge is 0.348 e. The fraction of sp³-hybridized carbons (Fsp3) is 0.250.